The molecule has 1 atom stereocenters. The number of unbranched alkanes of at least 4 members (excludes halogenated alkanes) is 3. The monoisotopic (exact) mass is 467 g/mol. The fourth-order valence-electron chi connectivity index (χ4n) is 2.10. The minimum Gasteiger partial charge on any atom is -0.324 e. The van der Waals surface area contributed by atoms with Gasteiger partial charge in [0.25, 0.3) is 0 Å². The summed E-state index contributed by atoms with van der Waals surface area (Å²) >= 11 is 0. The average molecular weight is 467 g/mol. The minimum absolute atomic E-state index is 0.0473. The summed E-state index contributed by atoms with van der Waals surface area (Å²) in [5, 5.41) is 0. The first kappa shape index (κ1) is 28.4. The van der Waals surface area contributed by atoms with Gasteiger partial charge in [-0.3, -0.25) is 18.6 Å². The van der Waals surface area contributed by atoms with Gasteiger partial charge >= 0.3 is 22.8 Å². The summed E-state index contributed by atoms with van der Waals surface area (Å²) in [6.45, 7) is 6.12. The van der Waals surface area contributed by atoms with Gasteiger partial charge in [0.2, 0.25) is 0 Å². The maximum absolute atomic E-state index is 13.1. The number of rotatable bonds is 18. The van der Waals surface area contributed by atoms with Gasteiger partial charge in [0.15, 0.2) is 0 Å². The van der Waals surface area contributed by atoms with Gasteiger partial charge < -0.3 is 28.3 Å². The molecule has 3 N–H and O–H groups in total. The van der Waals surface area contributed by atoms with Gasteiger partial charge in [-0.1, -0.05) is 40.0 Å². The van der Waals surface area contributed by atoms with Crippen LogP contribution in [0.25, 0.3) is 0 Å². The van der Waals surface area contributed by atoms with Gasteiger partial charge in [-0.25, -0.2) is 0 Å². The maximum atomic E-state index is 13.1. The van der Waals surface area contributed by atoms with E-state index in [9.17, 15) is 28.4 Å². The van der Waals surface area contributed by atoms with Crippen LogP contribution >= 0.6 is 22.8 Å². The smallest absolute Gasteiger partial charge is 0.324 e. The highest BCUT2D eigenvalue weighted by Gasteiger charge is 2.35. The SMILES string of the molecule is CCCCOP(=O)(O)CN(CP(=O)(O)O)CP(=O)(OCCCC)OCCCC. The van der Waals surface area contributed by atoms with Crippen LogP contribution in [0, 0.1) is 0 Å². The van der Waals surface area contributed by atoms with Crippen molar-refractivity contribution in [2.24, 2.45) is 0 Å². The Hall–Kier alpha value is 0.410. The number of hydrogen-bond acceptors (Lipinski definition) is 7. The Morgan fingerprint density at radius 1 is 0.679 bits per heavy atom. The van der Waals surface area contributed by atoms with E-state index in [0.717, 1.165) is 24.2 Å². The molecule has 0 aliphatic heterocycles. The van der Waals surface area contributed by atoms with Gasteiger partial charge in [0, 0.05) is 0 Å². The molecule has 13 heteroatoms. The van der Waals surface area contributed by atoms with Crippen LogP contribution in [0.1, 0.15) is 59.3 Å². The van der Waals surface area contributed by atoms with Crippen LogP contribution in [-0.4, -0.2) is 58.3 Å². The molecule has 0 aliphatic carbocycles. The van der Waals surface area contributed by atoms with Gasteiger partial charge in [-0.15, -0.1) is 0 Å². The molecule has 170 valence electrons. The lowest BCUT2D eigenvalue weighted by Crippen LogP contribution is -2.29. The second kappa shape index (κ2) is 14.4. The van der Waals surface area contributed by atoms with Crippen LogP contribution in [0.15, 0.2) is 0 Å². The maximum Gasteiger partial charge on any atom is 0.344 e. The Balaban J connectivity index is 5.26. The average Bonchev–Trinajstić information content (AvgIpc) is 2.53. The standard InChI is InChI=1S/C15H36NO9P3/c1-4-7-10-23-27(20,21)14-16(13-26(17,18)19)15-28(22,24-11-8-5-2)25-12-9-6-3/h4-15H2,1-3H3,(H,20,21)(H2,17,18,19). The first-order valence-electron chi connectivity index (χ1n) is 9.58. The second-order valence-electron chi connectivity index (χ2n) is 6.57. The van der Waals surface area contributed by atoms with Gasteiger partial charge in [0.05, 0.1) is 19.8 Å². The molecule has 1 unspecified atom stereocenters. The van der Waals surface area contributed by atoms with Gasteiger partial charge in [0.1, 0.15) is 18.9 Å². The van der Waals surface area contributed by atoms with Crippen molar-refractivity contribution in [3.8, 4) is 0 Å². The van der Waals surface area contributed by atoms with E-state index in [1.54, 1.807) is 0 Å². The summed E-state index contributed by atoms with van der Waals surface area (Å²) in [7, 11) is -12.5. The molecule has 0 rings (SSSR count). The summed E-state index contributed by atoms with van der Waals surface area (Å²) in [6.07, 6.45) is 2.17. The molecule has 0 spiro atoms. The van der Waals surface area contributed by atoms with Crippen molar-refractivity contribution in [2.75, 3.05) is 38.7 Å². The van der Waals surface area contributed by atoms with E-state index in [2.05, 4.69) is 0 Å². The molecule has 0 bridgehead atoms. The molecule has 0 radical (unpaired) electrons. The molecule has 0 saturated heterocycles. The molecule has 0 aromatic rings. The third-order valence-corrected chi connectivity index (χ3v) is 7.51. The van der Waals surface area contributed by atoms with E-state index in [4.69, 9.17) is 13.6 Å². The Bertz CT molecular complexity index is 541. The minimum atomic E-state index is -4.58. The molecule has 0 aromatic heterocycles. The van der Waals surface area contributed by atoms with Crippen LogP contribution in [-0.2, 0) is 27.3 Å². The first-order valence-corrected chi connectivity index (χ1v) is 14.9. The fourth-order valence-corrected chi connectivity index (χ4v) is 6.24. The Kier molecular flexibility index (Phi) is 14.6. The molecule has 0 aromatic carbocycles. The first-order chi connectivity index (χ1) is 13.0. The topological polar surface area (TPSA) is 143 Å². The zero-order valence-electron chi connectivity index (χ0n) is 17.1. The zero-order valence-corrected chi connectivity index (χ0v) is 19.7. The van der Waals surface area contributed by atoms with E-state index in [-0.39, 0.29) is 19.8 Å². The Labute approximate surface area is 168 Å². The summed E-state index contributed by atoms with van der Waals surface area (Å²) in [6, 6.07) is 0. The van der Waals surface area contributed by atoms with Crippen LogP contribution in [0.2, 0.25) is 0 Å². The van der Waals surface area contributed by atoms with E-state index in [0.29, 0.717) is 19.3 Å². The molecule has 0 saturated carbocycles. The second-order valence-corrected chi connectivity index (χ2v) is 12.0. The van der Waals surface area contributed by atoms with Crippen molar-refractivity contribution in [2.45, 2.75) is 59.3 Å². The lowest BCUT2D eigenvalue weighted by Gasteiger charge is -2.28. The fraction of sp³-hybridized carbons (Fsp3) is 1.00. The van der Waals surface area contributed by atoms with Crippen molar-refractivity contribution < 1.29 is 41.9 Å². The van der Waals surface area contributed by atoms with E-state index in [1.807, 2.05) is 20.8 Å². The van der Waals surface area contributed by atoms with Gasteiger partial charge in [-0.2, -0.15) is 0 Å². The van der Waals surface area contributed by atoms with Crippen molar-refractivity contribution in [1.29, 1.82) is 0 Å². The number of hydrogen-bond donors (Lipinski definition) is 3. The van der Waals surface area contributed by atoms with E-state index >= 15 is 0 Å². The summed E-state index contributed by atoms with van der Waals surface area (Å²) in [5.41, 5.74) is 0. The predicted molar refractivity (Wildman–Crippen MR) is 108 cm³/mol. The Morgan fingerprint density at radius 2 is 1.11 bits per heavy atom. The summed E-state index contributed by atoms with van der Waals surface area (Å²) in [4.78, 5) is 29.6. The molecule has 28 heavy (non-hydrogen) atoms. The van der Waals surface area contributed by atoms with E-state index < -0.39 is 41.6 Å². The normalized spacial score (nSPS) is 15.1. The van der Waals surface area contributed by atoms with Gasteiger partial charge in [-0.05, 0) is 19.3 Å². The highest BCUT2D eigenvalue weighted by atomic mass is 31.2. The third-order valence-electron chi connectivity index (χ3n) is 3.50. The molecular formula is C15H36NO9P3. The summed E-state index contributed by atoms with van der Waals surface area (Å²) < 4.78 is 52.6. The molecule has 0 amide bonds. The highest BCUT2D eigenvalue weighted by molar-refractivity contribution is 7.55. The molecule has 0 heterocycles. The molecule has 0 fully saturated rings. The summed E-state index contributed by atoms with van der Waals surface area (Å²) in [5.74, 6) is 0. The van der Waals surface area contributed by atoms with Crippen molar-refractivity contribution in [3.05, 3.63) is 0 Å². The predicted octanol–water partition coefficient (Wildman–Crippen LogP) is 4.17. The molecule has 0 aliphatic rings. The molecule has 10 nitrogen and oxygen atoms in total. The highest BCUT2D eigenvalue weighted by Crippen LogP contribution is 2.53. The van der Waals surface area contributed by atoms with Crippen LogP contribution in [0.4, 0.5) is 0 Å². The largest absolute Gasteiger partial charge is 0.344 e. The van der Waals surface area contributed by atoms with Crippen LogP contribution in [0.5, 0.6) is 0 Å². The van der Waals surface area contributed by atoms with Crippen molar-refractivity contribution in [3.63, 3.8) is 0 Å². The van der Waals surface area contributed by atoms with Crippen molar-refractivity contribution in [1.82, 2.24) is 4.90 Å². The van der Waals surface area contributed by atoms with Crippen molar-refractivity contribution >= 4 is 22.8 Å². The third kappa shape index (κ3) is 15.3. The lowest BCUT2D eigenvalue weighted by molar-refractivity contribution is 0.182. The quantitative estimate of drug-likeness (QED) is 0.199. The van der Waals surface area contributed by atoms with E-state index in [1.165, 1.54) is 0 Å². The molecular weight excluding hydrogens is 431 g/mol. The lowest BCUT2D eigenvalue weighted by atomic mass is 10.4. The van der Waals surface area contributed by atoms with Crippen LogP contribution < -0.4 is 0 Å². The zero-order chi connectivity index (χ0) is 21.7. The Morgan fingerprint density at radius 3 is 1.50 bits per heavy atom. The van der Waals surface area contributed by atoms with Crippen LogP contribution in [0.3, 0.4) is 0 Å². The number of nitrogens with zero attached hydrogens (tertiary/aromatic N) is 1.